The normalized spacial score (nSPS) is 11.9. The van der Waals surface area contributed by atoms with Crippen molar-refractivity contribution in [2.75, 3.05) is 6.26 Å². The predicted octanol–water partition coefficient (Wildman–Crippen LogP) is 1.03. The van der Waals surface area contributed by atoms with Gasteiger partial charge in [-0.05, 0) is 13.2 Å². The summed E-state index contributed by atoms with van der Waals surface area (Å²) in [6, 6.07) is -0.0918. The molecule has 0 amide bonds. The zero-order valence-corrected chi connectivity index (χ0v) is 8.52. The molecule has 1 atom stereocenters. The van der Waals surface area contributed by atoms with E-state index in [0.717, 1.165) is 5.69 Å². The largest absolute Gasteiger partial charge is 0.323 e. The van der Waals surface area contributed by atoms with E-state index in [1.165, 1.54) is 11.8 Å². The molecule has 0 fully saturated rings. The van der Waals surface area contributed by atoms with Gasteiger partial charge in [-0.2, -0.15) is 0 Å². The van der Waals surface area contributed by atoms with Crippen molar-refractivity contribution in [3.05, 3.63) is 11.9 Å². The molecule has 2 N–H and O–H groups in total. The number of hydrogen-bond donors (Lipinski definition) is 1. The van der Waals surface area contributed by atoms with Gasteiger partial charge in [0.1, 0.15) is 0 Å². The van der Waals surface area contributed by atoms with Gasteiger partial charge >= 0.3 is 0 Å². The second kappa shape index (κ2) is 5.29. The zero-order chi connectivity index (χ0) is 8.27. The maximum atomic E-state index is 5.56. The van der Waals surface area contributed by atoms with Crippen LogP contribution in [0, 0.1) is 0 Å². The fraction of sp³-hybridized carbons (Fsp3) is 0.500. The van der Waals surface area contributed by atoms with Crippen molar-refractivity contribution < 1.29 is 0 Å². The first kappa shape index (κ1) is 11.6. The molecule has 4 nitrogen and oxygen atoms in total. The van der Waals surface area contributed by atoms with Crippen LogP contribution in [-0.2, 0) is 0 Å². The summed E-state index contributed by atoms with van der Waals surface area (Å²) in [6.45, 7) is 1.85. The van der Waals surface area contributed by atoms with Crippen LogP contribution in [0.25, 0.3) is 0 Å². The molecule has 0 saturated heterocycles. The summed E-state index contributed by atoms with van der Waals surface area (Å²) < 4.78 is 0. The Morgan fingerprint density at radius 3 is 2.50 bits per heavy atom. The lowest BCUT2D eigenvalue weighted by molar-refractivity contribution is 0.705. The van der Waals surface area contributed by atoms with Crippen molar-refractivity contribution in [3.8, 4) is 0 Å². The van der Waals surface area contributed by atoms with Crippen LogP contribution in [0.5, 0.6) is 0 Å². The summed E-state index contributed by atoms with van der Waals surface area (Å²) in [5, 5.41) is 8.41. The molecule has 1 heterocycles. The number of rotatable bonds is 2. The van der Waals surface area contributed by atoms with E-state index in [4.69, 9.17) is 5.73 Å². The van der Waals surface area contributed by atoms with Crippen LogP contribution in [0.4, 0.5) is 0 Å². The van der Waals surface area contributed by atoms with Crippen LogP contribution >= 0.6 is 24.2 Å². The van der Waals surface area contributed by atoms with Crippen LogP contribution < -0.4 is 5.73 Å². The molecular formula is C6H11ClN4S. The first-order valence-corrected chi connectivity index (χ1v) is 4.45. The van der Waals surface area contributed by atoms with E-state index >= 15 is 0 Å². The summed E-state index contributed by atoms with van der Waals surface area (Å²) in [6.07, 6.45) is 3.56. The summed E-state index contributed by atoms with van der Waals surface area (Å²) in [5.74, 6) is 0. The molecule has 0 aliphatic carbocycles. The molecule has 68 valence electrons. The standard InChI is InChI=1S/C6H10N4S.ClH/c1-4(7)5-3-8-6(11-2)10-9-5;/h3-4H,7H2,1-2H3;1H. The highest BCUT2D eigenvalue weighted by Gasteiger charge is 2.01. The van der Waals surface area contributed by atoms with Crippen molar-refractivity contribution in [1.29, 1.82) is 0 Å². The molecule has 1 aromatic heterocycles. The van der Waals surface area contributed by atoms with Gasteiger partial charge in [-0.25, -0.2) is 4.98 Å². The van der Waals surface area contributed by atoms with Crippen molar-refractivity contribution >= 4 is 24.2 Å². The highest BCUT2D eigenvalue weighted by molar-refractivity contribution is 7.98. The molecule has 0 spiro atoms. The summed E-state index contributed by atoms with van der Waals surface area (Å²) in [5.41, 5.74) is 6.28. The Bertz CT molecular complexity index is 225. The maximum Gasteiger partial charge on any atom is 0.208 e. The third-order valence-corrected chi connectivity index (χ3v) is 1.76. The SMILES string of the molecule is CSc1ncc(C(C)N)nn1.Cl. The van der Waals surface area contributed by atoms with E-state index in [0.29, 0.717) is 5.16 Å². The van der Waals surface area contributed by atoms with Crippen molar-refractivity contribution in [1.82, 2.24) is 15.2 Å². The monoisotopic (exact) mass is 206 g/mol. The minimum Gasteiger partial charge on any atom is -0.323 e. The molecular weight excluding hydrogens is 196 g/mol. The second-order valence-electron chi connectivity index (χ2n) is 2.16. The highest BCUT2D eigenvalue weighted by atomic mass is 35.5. The molecule has 1 rings (SSSR count). The summed E-state index contributed by atoms with van der Waals surface area (Å²) in [7, 11) is 0. The van der Waals surface area contributed by atoms with Crippen molar-refractivity contribution in [2.45, 2.75) is 18.1 Å². The van der Waals surface area contributed by atoms with Crippen LogP contribution in [-0.4, -0.2) is 21.4 Å². The van der Waals surface area contributed by atoms with Crippen LogP contribution in [0.15, 0.2) is 11.4 Å². The molecule has 1 aromatic rings. The molecule has 0 aliphatic heterocycles. The number of aromatic nitrogens is 3. The number of halogens is 1. The van der Waals surface area contributed by atoms with Gasteiger partial charge in [0, 0.05) is 6.04 Å². The Kier molecular flexibility index (Phi) is 5.12. The lowest BCUT2D eigenvalue weighted by Crippen LogP contribution is -2.09. The average molecular weight is 207 g/mol. The minimum atomic E-state index is -0.0918. The topological polar surface area (TPSA) is 64.7 Å². The molecule has 1 unspecified atom stereocenters. The zero-order valence-electron chi connectivity index (χ0n) is 6.89. The predicted molar refractivity (Wildman–Crippen MR) is 51.5 cm³/mol. The number of nitrogens with zero attached hydrogens (tertiary/aromatic N) is 3. The van der Waals surface area contributed by atoms with E-state index in [1.54, 1.807) is 6.20 Å². The van der Waals surface area contributed by atoms with E-state index in [1.807, 2.05) is 13.2 Å². The number of nitrogens with two attached hydrogens (primary N) is 1. The Hall–Kier alpha value is -0.390. The van der Waals surface area contributed by atoms with E-state index in [-0.39, 0.29) is 18.4 Å². The Morgan fingerprint density at radius 1 is 1.50 bits per heavy atom. The number of thioether (sulfide) groups is 1. The van der Waals surface area contributed by atoms with Gasteiger partial charge in [0.05, 0.1) is 11.9 Å². The van der Waals surface area contributed by atoms with E-state index in [9.17, 15) is 0 Å². The average Bonchev–Trinajstić information content (AvgIpc) is 2.05. The molecule has 6 heteroatoms. The number of hydrogen-bond acceptors (Lipinski definition) is 5. The second-order valence-corrected chi connectivity index (χ2v) is 2.93. The molecule has 0 aromatic carbocycles. The maximum absolute atomic E-state index is 5.56. The van der Waals surface area contributed by atoms with Gasteiger partial charge in [0.25, 0.3) is 0 Å². The van der Waals surface area contributed by atoms with Gasteiger partial charge in [-0.1, -0.05) is 11.8 Å². The minimum absolute atomic E-state index is 0. The quantitative estimate of drug-likeness (QED) is 0.733. The first-order valence-electron chi connectivity index (χ1n) is 3.23. The highest BCUT2D eigenvalue weighted by Crippen LogP contribution is 2.07. The lowest BCUT2D eigenvalue weighted by Gasteiger charge is -2.01. The molecule has 0 bridgehead atoms. The Balaban J connectivity index is 0.00000121. The Labute approximate surface area is 81.8 Å². The van der Waals surface area contributed by atoms with E-state index < -0.39 is 0 Å². The van der Waals surface area contributed by atoms with Crippen LogP contribution in [0.3, 0.4) is 0 Å². The van der Waals surface area contributed by atoms with Crippen LogP contribution in [0.1, 0.15) is 18.7 Å². The van der Waals surface area contributed by atoms with Gasteiger partial charge in [0.15, 0.2) is 0 Å². The summed E-state index contributed by atoms with van der Waals surface area (Å²) in [4.78, 5) is 4.03. The summed E-state index contributed by atoms with van der Waals surface area (Å²) >= 11 is 1.46. The molecule has 0 aliphatic rings. The lowest BCUT2D eigenvalue weighted by atomic mass is 10.3. The van der Waals surface area contributed by atoms with Crippen LogP contribution in [0.2, 0.25) is 0 Å². The molecule has 0 radical (unpaired) electrons. The smallest absolute Gasteiger partial charge is 0.208 e. The first-order chi connectivity index (χ1) is 5.24. The molecule has 12 heavy (non-hydrogen) atoms. The fourth-order valence-corrected chi connectivity index (χ4v) is 0.856. The Morgan fingerprint density at radius 2 is 2.17 bits per heavy atom. The third-order valence-electron chi connectivity index (χ3n) is 1.21. The van der Waals surface area contributed by atoms with Gasteiger partial charge < -0.3 is 5.73 Å². The third kappa shape index (κ3) is 2.92. The molecule has 0 saturated carbocycles. The van der Waals surface area contributed by atoms with Gasteiger partial charge in [0.2, 0.25) is 5.16 Å². The van der Waals surface area contributed by atoms with Gasteiger partial charge in [-0.15, -0.1) is 22.6 Å². The van der Waals surface area contributed by atoms with Crippen molar-refractivity contribution in [3.63, 3.8) is 0 Å². The fourth-order valence-electron chi connectivity index (χ4n) is 0.576. The van der Waals surface area contributed by atoms with Crippen molar-refractivity contribution in [2.24, 2.45) is 5.73 Å². The van der Waals surface area contributed by atoms with E-state index in [2.05, 4.69) is 15.2 Å². The van der Waals surface area contributed by atoms with Gasteiger partial charge in [-0.3, -0.25) is 0 Å².